The Morgan fingerprint density at radius 2 is 2.03 bits per heavy atom. The summed E-state index contributed by atoms with van der Waals surface area (Å²) in [5.41, 5.74) is 0.511. The van der Waals surface area contributed by atoms with E-state index < -0.39 is 34.6 Å². The summed E-state index contributed by atoms with van der Waals surface area (Å²) < 4.78 is 44.1. The first-order chi connectivity index (χ1) is 14.4. The van der Waals surface area contributed by atoms with E-state index in [0.29, 0.717) is 3.57 Å². The van der Waals surface area contributed by atoms with Crippen molar-refractivity contribution in [3.8, 4) is 0 Å². The highest BCUT2D eigenvalue weighted by Crippen LogP contribution is 2.30. The molecule has 0 aromatic heterocycles. The van der Waals surface area contributed by atoms with E-state index in [0.717, 1.165) is 12.3 Å². The van der Waals surface area contributed by atoms with Gasteiger partial charge >= 0.3 is 0 Å². The Morgan fingerprint density at radius 1 is 1.27 bits per heavy atom. The SMILES string of the molecule is C=CCONC(=O)c1cc(C=NOCCO)c(F)c(F)c1Nc1ccc(I)cc1F. The minimum absolute atomic E-state index is 0.0345. The quantitative estimate of drug-likeness (QED) is 0.142. The minimum atomic E-state index is -1.44. The molecule has 2 aromatic carbocycles. The smallest absolute Gasteiger partial charge is 0.277 e. The molecule has 0 aliphatic rings. The monoisotopic (exact) mass is 535 g/mol. The van der Waals surface area contributed by atoms with E-state index >= 15 is 0 Å². The number of anilines is 2. The van der Waals surface area contributed by atoms with Gasteiger partial charge in [0.05, 0.1) is 36.4 Å². The van der Waals surface area contributed by atoms with Gasteiger partial charge in [-0.15, -0.1) is 6.58 Å². The third kappa shape index (κ3) is 6.18. The lowest BCUT2D eigenvalue weighted by atomic mass is 10.1. The predicted octanol–water partition coefficient (Wildman–Crippen LogP) is 3.64. The Morgan fingerprint density at radius 3 is 2.70 bits per heavy atom. The second kappa shape index (κ2) is 11.5. The van der Waals surface area contributed by atoms with E-state index in [9.17, 15) is 18.0 Å². The molecule has 0 aliphatic carbocycles. The molecule has 0 spiro atoms. The first-order valence-corrected chi connectivity index (χ1v) is 9.50. The third-order valence-corrected chi connectivity index (χ3v) is 4.16. The van der Waals surface area contributed by atoms with Crippen LogP contribution in [-0.2, 0) is 9.68 Å². The Labute approximate surface area is 183 Å². The molecule has 0 saturated carbocycles. The van der Waals surface area contributed by atoms with Gasteiger partial charge in [-0.3, -0.25) is 9.63 Å². The van der Waals surface area contributed by atoms with Crippen molar-refractivity contribution in [2.24, 2.45) is 5.16 Å². The highest BCUT2D eigenvalue weighted by atomic mass is 127. The molecule has 2 rings (SSSR count). The molecule has 7 nitrogen and oxygen atoms in total. The Kier molecular flexibility index (Phi) is 9.08. The molecule has 0 unspecified atom stereocenters. The van der Waals surface area contributed by atoms with E-state index in [1.165, 1.54) is 18.2 Å². The average Bonchev–Trinajstić information content (AvgIpc) is 2.72. The largest absolute Gasteiger partial charge is 0.393 e. The van der Waals surface area contributed by atoms with Crippen LogP contribution in [0.1, 0.15) is 15.9 Å². The number of benzene rings is 2. The molecular formula is C19H17F3IN3O4. The zero-order valence-electron chi connectivity index (χ0n) is 15.4. The van der Waals surface area contributed by atoms with E-state index in [-0.39, 0.29) is 31.1 Å². The van der Waals surface area contributed by atoms with Crippen LogP contribution < -0.4 is 10.8 Å². The van der Waals surface area contributed by atoms with Crippen LogP contribution in [0.4, 0.5) is 24.5 Å². The number of aliphatic hydroxyl groups is 1. The third-order valence-electron chi connectivity index (χ3n) is 3.49. The normalized spacial score (nSPS) is 10.8. The van der Waals surface area contributed by atoms with Gasteiger partial charge in [0.25, 0.3) is 5.91 Å². The van der Waals surface area contributed by atoms with Gasteiger partial charge in [0, 0.05) is 9.13 Å². The van der Waals surface area contributed by atoms with Crippen LogP contribution in [0.5, 0.6) is 0 Å². The minimum Gasteiger partial charge on any atom is -0.393 e. The number of nitrogens with zero attached hydrogens (tertiary/aromatic N) is 1. The molecular weight excluding hydrogens is 518 g/mol. The highest BCUT2D eigenvalue weighted by molar-refractivity contribution is 14.1. The van der Waals surface area contributed by atoms with Crippen LogP contribution in [0.2, 0.25) is 0 Å². The summed E-state index contributed by atoms with van der Waals surface area (Å²) in [6, 6.07) is 5.04. The Balaban J connectivity index is 2.48. The number of aliphatic hydroxyl groups excluding tert-OH is 1. The molecule has 1 amide bonds. The number of oxime groups is 1. The van der Waals surface area contributed by atoms with Gasteiger partial charge < -0.3 is 15.3 Å². The molecule has 0 fully saturated rings. The molecule has 160 valence electrons. The second-order valence-corrected chi connectivity index (χ2v) is 6.83. The summed E-state index contributed by atoms with van der Waals surface area (Å²) in [7, 11) is 0. The van der Waals surface area contributed by atoms with Crippen molar-refractivity contribution in [2.75, 3.05) is 25.1 Å². The van der Waals surface area contributed by atoms with Crippen LogP contribution in [0.25, 0.3) is 0 Å². The number of hydrogen-bond donors (Lipinski definition) is 3. The van der Waals surface area contributed by atoms with Crippen molar-refractivity contribution < 1.29 is 32.7 Å². The fourth-order valence-electron chi connectivity index (χ4n) is 2.18. The number of rotatable bonds is 10. The summed E-state index contributed by atoms with van der Waals surface area (Å²) in [5, 5.41) is 14.5. The number of amides is 1. The molecule has 11 heteroatoms. The number of carbonyl (C=O) groups excluding carboxylic acids is 1. The number of carbonyl (C=O) groups is 1. The lowest BCUT2D eigenvalue weighted by molar-refractivity contribution is 0.0422. The van der Waals surface area contributed by atoms with Crippen molar-refractivity contribution in [3.05, 3.63) is 69.1 Å². The van der Waals surface area contributed by atoms with E-state index in [2.05, 4.69) is 27.4 Å². The maximum absolute atomic E-state index is 14.8. The molecule has 0 heterocycles. The van der Waals surface area contributed by atoms with E-state index in [1.54, 1.807) is 6.07 Å². The molecule has 2 aromatic rings. The van der Waals surface area contributed by atoms with Gasteiger partial charge in [-0.05, 0) is 46.9 Å². The fraction of sp³-hybridized carbons (Fsp3) is 0.158. The Bertz CT molecular complexity index is 957. The summed E-state index contributed by atoms with van der Waals surface area (Å²) in [5.74, 6) is -4.43. The van der Waals surface area contributed by atoms with Gasteiger partial charge in [-0.2, -0.15) is 0 Å². The van der Waals surface area contributed by atoms with Crippen LogP contribution >= 0.6 is 22.6 Å². The van der Waals surface area contributed by atoms with Crippen molar-refractivity contribution in [1.82, 2.24) is 5.48 Å². The second-order valence-electron chi connectivity index (χ2n) is 5.59. The van der Waals surface area contributed by atoms with E-state index in [1.807, 2.05) is 22.6 Å². The molecule has 0 atom stereocenters. The zero-order valence-corrected chi connectivity index (χ0v) is 17.6. The van der Waals surface area contributed by atoms with Crippen LogP contribution in [-0.4, -0.2) is 37.0 Å². The molecule has 0 radical (unpaired) electrons. The Hall–Kier alpha value is -2.64. The topological polar surface area (TPSA) is 92.2 Å². The first-order valence-electron chi connectivity index (χ1n) is 8.42. The number of hydrogen-bond acceptors (Lipinski definition) is 6. The highest BCUT2D eigenvalue weighted by Gasteiger charge is 2.23. The van der Waals surface area contributed by atoms with Crippen LogP contribution in [0.15, 0.2) is 42.1 Å². The van der Waals surface area contributed by atoms with Gasteiger partial charge in [-0.25, -0.2) is 18.7 Å². The number of nitrogens with one attached hydrogen (secondary N) is 2. The molecule has 0 aliphatic heterocycles. The summed E-state index contributed by atoms with van der Waals surface area (Å²) >= 11 is 1.89. The average molecular weight is 535 g/mol. The first kappa shape index (κ1) is 23.6. The van der Waals surface area contributed by atoms with Gasteiger partial charge in [-0.1, -0.05) is 11.2 Å². The van der Waals surface area contributed by atoms with Crippen LogP contribution in [0.3, 0.4) is 0 Å². The fourth-order valence-corrected chi connectivity index (χ4v) is 2.63. The van der Waals surface area contributed by atoms with Crippen molar-refractivity contribution in [3.63, 3.8) is 0 Å². The molecule has 3 N–H and O–H groups in total. The summed E-state index contributed by atoms with van der Waals surface area (Å²) in [6.45, 7) is 2.90. The summed E-state index contributed by atoms with van der Waals surface area (Å²) in [6.07, 6.45) is 2.20. The van der Waals surface area contributed by atoms with Gasteiger partial charge in [0.1, 0.15) is 12.4 Å². The standard InChI is InChI=1S/C19H17F3IN3O4/c1-2-6-30-26-19(28)13-8-11(10-24-29-7-5-27)16(21)17(22)18(13)25-15-4-3-12(23)9-14(15)20/h2-4,8-10,25,27H,1,5-7H2,(H,26,28). The molecule has 30 heavy (non-hydrogen) atoms. The number of hydroxylamine groups is 1. The van der Waals surface area contributed by atoms with Crippen molar-refractivity contribution in [1.29, 1.82) is 0 Å². The van der Waals surface area contributed by atoms with Gasteiger partial charge in [0.15, 0.2) is 11.6 Å². The number of halogens is 4. The van der Waals surface area contributed by atoms with Crippen LogP contribution in [0, 0.1) is 21.0 Å². The lowest BCUT2D eigenvalue weighted by Gasteiger charge is -2.15. The van der Waals surface area contributed by atoms with Gasteiger partial charge in [0.2, 0.25) is 0 Å². The van der Waals surface area contributed by atoms with Crippen molar-refractivity contribution >= 4 is 46.1 Å². The zero-order chi connectivity index (χ0) is 22.1. The van der Waals surface area contributed by atoms with Crippen molar-refractivity contribution in [2.45, 2.75) is 0 Å². The lowest BCUT2D eigenvalue weighted by Crippen LogP contribution is -2.25. The molecule has 0 saturated heterocycles. The maximum Gasteiger partial charge on any atom is 0.277 e. The summed E-state index contributed by atoms with van der Waals surface area (Å²) in [4.78, 5) is 21.9. The molecule has 0 bridgehead atoms. The van der Waals surface area contributed by atoms with E-state index in [4.69, 9.17) is 9.94 Å². The predicted molar refractivity (Wildman–Crippen MR) is 113 cm³/mol. The maximum atomic E-state index is 14.8.